The first-order chi connectivity index (χ1) is 9.50. The van der Waals surface area contributed by atoms with Gasteiger partial charge < -0.3 is 5.32 Å². The van der Waals surface area contributed by atoms with E-state index >= 15 is 0 Å². The van der Waals surface area contributed by atoms with Crippen LogP contribution in [0.2, 0.25) is 0 Å². The molecule has 0 radical (unpaired) electrons. The number of piperidine rings is 1. The van der Waals surface area contributed by atoms with Crippen LogP contribution in [0.5, 0.6) is 0 Å². The highest BCUT2D eigenvalue weighted by molar-refractivity contribution is 7.89. The van der Waals surface area contributed by atoms with Crippen molar-refractivity contribution in [2.24, 2.45) is 5.92 Å². The largest absolute Gasteiger partial charge is 0.312 e. The van der Waals surface area contributed by atoms with Gasteiger partial charge in [0, 0.05) is 25.2 Å². The first-order valence-corrected chi connectivity index (χ1v) is 7.91. The van der Waals surface area contributed by atoms with Crippen LogP contribution in [-0.2, 0) is 10.0 Å². The lowest BCUT2D eigenvalue weighted by molar-refractivity contribution is -0.387. The minimum Gasteiger partial charge on any atom is -0.312 e. The molecule has 2 aliphatic heterocycles. The Morgan fingerprint density at radius 1 is 1.35 bits per heavy atom. The quantitative estimate of drug-likeness (QED) is 0.650. The van der Waals surface area contributed by atoms with Crippen LogP contribution in [0.25, 0.3) is 0 Å². The van der Waals surface area contributed by atoms with Crippen LogP contribution in [0.1, 0.15) is 6.42 Å². The lowest BCUT2D eigenvalue weighted by Crippen LogP contribution is -2.62. The maximum absolute atomic E-state index is 12.6. The second kappa shape index (κ2) is 4.80. The predicted octanol–water partition coefficient (Wildman–Crippen LogP) is 0.577. The molecule has 2 saturated heterocycles. The van der Waals surface area contributed by atoms with E-state index in [0.717, 1.165) is 13.0 Å². The van der Waals surface area contributed by atoms with Crippen molar-refractivity contribution in [3.05, 3.63) is 34.4 Å². The summed E-state index contributed by atoms with van der Waals surface area (Å²) in [6.07, 6.45) is 0.803. The molecule has 0 amide bonds. The number of benzene rings is 1. The minimum atomic E-state index is -3.81. The Labute approximate surface area is 116 Å². The van der Waals surface area contributed by atoms with Crippen LogP contribution in [0.3, 0.4) is 0 Å². The van der Waals surface area contributed by atoms with Gasteiger partial charge in [-0.15, -0.1) is 0 Å². The summed E-state index contributed by atoms with van der Waals surface area (Å²) >= 11 is 0. The average molecular weight is 297 g/mol. The molecule has 20 heavy (non-hydrogen) atoms. The molecule has 7 nitrogen and oxygen atoms in total. The molecule has 0 aromatic heterocycles. The standard InChI is InChI=1S/C12H15N3O4S/c16-15(17)11-3-1-2-4-12(11)20(18,19)14-6-5-9-7-13-10(9)8-14/h1-4,9-10,13H,5-8H2. The Bertz CT molecular complexity index is 646. The number of nitro benzene ring substituents is 1. The molecule has 1 aromatic carbocycles. The molecule has 0 bridgehead atoms. The van der Waals surface area contributed by atoms with Gasteiger partial charge in [0.1, 0.15) is 0 Å². The maximum Gasteiger partial charge on any atom is 0.289 e. The highest BCUT2D eigenvalue weighted by Crippen LogP contribution is 2.31. The monoisotopic (exact) mass is 297 g/mol. The van der Waals surface area contributed by atoms with E-state index in [9.17, 15) is 18.5 Å². The molecule has 2 heterocycles. The molecule has 0 saturated carbocycles. The molecular formula is C12H15N3O4S. The fourth-order valence-electron chi connectivity index (χ4n) is 2.77. The number of nitrogens with zero attached hydrogens (tertiary/aromatic N) is 2. The third-order valence-corrected chi connectivity index (χ3v) is 5.95. The van der Waals surface area contributed by atoms with Gasteiger partial charge in [0.05, 0.1) is 4.92 Å². The van der Waals surface area contributed by atoms with Crippen molar-refractivity contribution in [3.8, 4) is 0 Å². The maximum atomic E-state index is 12.6. The van der Waals surface area contributed by atoms with E-state index in [1.165, 1.54) is 28.6 Å². The zero-order chi connectivity index (χ0) is 14.3. The van der Waals surface area contributed by atoms with Crippen LogP contribution < -0.4 is 5.32 Å². The fraction of sp³-hybridized carbons (Fsp3) is 0.500. The van der Waals surface area contributed by atoms with Crippen molar-refractivity contribution in [3.63, 3.8) is 0 Å². The van der Waals surface area contributed by atoms with Crippen LogP contribution in [0, 0.1) is 16.0 Å². The van der Waals surface area contributed by atoms with Crippen molar-refractivity contribution in [1.29, 1.82) is 0 Å². The Morgan fingerprint density at radius 2 is 2.10 bits per heavy atom. The Morgan fingerprint density at radius 3 is 2.70 bits per heavy atom. The number of nitrogens with one attached hydrogen (secondary N) is 1. The average Bonchev–Trinajstić information content (AvgIpc) is 2.40. The Hall–Kier alpha value is -1.51. The summed E-state index contributed by atoms with van der Waals surface area (Å²) in [5.74, 6) is 0.534. The summed E-state index contributed by atoms with van der Waals surface area (Å²) < 4.78 is 26.5. The van der Waals surface area contributed by atoms with Crippen LogP contribution in [0.15, 0.2) is 29.2 Å². The van der Waals surface area contributed by atoms with Crippen LogP contribution in [-0.4, -0.2) is 43.3 Å². The highest BCUT2D eigenvalue weighted by atomic mass is 32.2. The normalized spacial score (nSPS) is 26.6. The molecule has 2 unspecified atom stereocenters. The van der Waals surface area contributed by atoms with E-state index in [4.69, 9.17) is 0 Å². The number of sulfonamides is 1. The lowest BCUT2D eigenvalue weighted by atomic mass is 9.86. The second-order valence-electron chi connectivity index (χ2n) is 5.15. The van der Waals surface area contributed by atoms with Crippen LogP contribution in [0.4, 0.5) is 5.69 Å². The first kappa shape index (κ1) is 13.5. The molecule has 1 aromatic rings. The van der Waals surface area contributed by atoms with Gasteiger partial charge in [-0.2, -0.15) is 4.31 Å². The molecule has 3 rings (SSSR count). The molecule has 1 N–H and O–H groups in total. The molecule has 0 spiro atoms. The van der Waals surface area contributed by atoms with Gasteiger partial charge in [0.25, 0.3) is 5.69 Å². The van der Waals surface area contributed by atoms with E-state index in [1.54, 1.807) is 0 Å². The second-order valence-corrected chi connectivity index (χ2v) is 7.06. The van der Waals surface area contributed by atoms with Gasteiger partial charge in [-0.05, 0) is 24.9 Å². The van der Waals surface area contributed by atoms with E-state index in [-0.39, 0.29) is 16.6 Å². The van der Waals surface area contributed by atoms with Gasteiger partial charge in [0.15, 0.2) is 4.90 Å². The summed E-state index contributed by atoms with van der Waals surface area (Å²) in [6, 6.07) is 5.68. The van der Waals surface area contributed by atoms with Gasteiger partial charge in [-0.1, -0.05) is 12.1 Å². The summed E-state index contributed by atoms with van der Waals surface area (Å²) in [4.78, 5) is 10.1. The Balaban J connectivity index is 1.94. The van der Waals surface area contributed by atoms with Crippen molar-refractivity contribution >= 4 is 15.7 Å². The van der Waals surface area contributed by atoms with Crippen molar-refractivity contribution in [2.75, 3.05) is 19.6 Å². The van der Waals surface area contributed by atoms with Gasteiger partial charge in [-0.25, -0.2) is 8.42 Å². The molecule has 108 valence electrons. The summed E-state index contributed by atoms with van der Waals surface area (Å²) in [7, 11) is -3.81. The lowest BCUT2D eigenvalue weighted by Gasteiger charge is -2.45. The summed E-state index contributed by atoms with van der Waals surface area (Å²) in [5.41, 5.74) is -0.365. The number of para-hydroxylation sites is 1. The smallest absolute Gasteiger partial charge is 0.289 e. The number of hydrogen-bond donors (Lipinski definition) is 1. The van der Waals surface area contributed by atoms with Crippen LogP contribution >= 0.6 is 0 Å². The zero-order valence-corrected chi connectivity index (χ0v) is 11.5. The van der Waals surface area contributed by atoms with E-state index < -0.39 is 14.9 Å². The first-order valence-electron chi connectivity index (χ1n) is 6.47. The molecule has 8 heteroatoms. The molecule has 2 fully saturated rings. The van der Waals surface area contributed by atoms with E-state index in [1.807, 2.05) is 0 Å². The van der Waals surface area contributed by atoms with Crippen molar-refractivity contribution in [1.82, 2.24) is 9.62 Å². The van der Waals surface area contributed by atoms with E-state index in [2.05, 4.69) is 5.32 Å². The topological polar surface area (TPSA) is 92.5 Å². The van der Waals surface area contributed by atoms with Gasteiger partial charge in [-0.3, -0.25) is 10.1 Å². The summed E-state index contributed by atoms with van der Waals surface area (Å²) in [5, 5.41) is 14.2. The third kappa shape index (κ3) is 2.09. The molecular weight excluding hydrogens is 282 g/mol. The molecule has 2 aliphatic rings. The number of rotatable bonds is 3. The highest BCUT2D eigenvalue weighted by Gasteiger charge is 2.41. The molecule has 2 atom stereocenters. The fourth-order valence-corrected chi connectivity index (χ4v) is 4.41. The SMILES string of the molecule is O=[N+]([O-])c1ccccc1S(=O)(=O)N1CCC2CNC2C1. The van der Waals surface area contributed by atoms with Crippen molar-refractivity contribution in [2.45, 2.75) is 17.4 Å². The predicted molar refractivity (Wildman–Crippen MR) is 71.8 cm³/mol. The Kier molecular flexibility index (Phi) is 3.23. The summed E-state index contributed by atoms with van der Waals surface area (Å²) in [6.45, 7) is 1.75. The molecule has 0 aliphatic carbocycles. The number of fused-ring (bicyclic) bond motifs is 1. The third-order valence-electron chi connectivity index (χ3n) is 4.04. The van der Waals surface area contributed by atoms with Crippen molar-refractivity contribution < 1.29 is 13.3 Å². The zero-order valence-electron chi connectivity index (χ0n) is 10.7. The number of hydrogen-bond acceptors (Lipinski definition) is 5. The van der Waals surface area contributed by atoms with E-state index in [0.29, 0.717) is 19.0 Å². The minimum absolute atomic E-state index is 0.182. The van der Waals surface area contributed by atoms with Gasteiger partial charge >= 0.3 is 0 Å². The van der Waals surface area contributed by atoms with Gasteiger partial charge in [0.2, 0.25) is 10.0 Å². The number of nitro groups is 1.